The van der Waals surface area contributed by atoms with E-state index in [1.807, 2.05) is 0 Å². The largest absolute Gasteiger partial charge is 0.497 e. The van der Waals surface area contributed by atoms with Crippen molar-refractivity contribution in [2.45, 2.75) is 4.90 Å². The monoisotopic (exact) mass is 415 g/mol. The number of carboxylic acid groups (broad SMARTS) is 1. The van der Waals surface area contributed by atoms with Crippen LogP contribution < -0.4 is 14.2 Å². The predicted molar refractivity (Wildman–Crippen MR) is 91.5 cm³/mol. The van der Waals surface area contributed by atoms with Gasteiger partial charge in [-0.1, -0.05) is 0 Å². The fraction of sp³-hybridized carbons (Fsp3) is 0.133. The molecule has 0 saturated carbocycles. The molecule has 0 saturated heterocycles. The summed E-state index contributed by atoms with van der Waals surface area (Å²) in [6.45, 7) is 0. The molecule has 2 aromatic carbocycles. The molecule has 24 heavy (non-hydrogen) atoms. The molecule has 0 heterocycles. The third kappa shape index (κ3) is 3.80. The van der Waals surface area contributed by atoms with Crippen LogP contribution in [-0.2, 0) is 10.0 Å². The van der Waals surface area contributed by atoms with Crippen molar-refractivity contribution in [2.24, 2.45) is 0 Å². The third-order valence-electron chi connectivity index (χ3n) is 3.13. The highest BCUT2D eigenvalue weighted by molar-refractivity contribution is 9.10. The second-order valence-electron chi connectivity index (χ2n) is 4.62. The summed E-state index contributed by atoms with van der Waals surface area (Å²) in [5.74, 6) is -0.457. The highest BCUT2D eigenvalue weighted by Crippen LogP contribution is 2.31. The molecule has 0 spiro atoms. The van der Waals surface area contributed by atoms with E-state index in [4.69, 9.17) is 14.6 Å². The van der Waals surface area contributed by atoms with Crippen molar-refractivity contribution in [1.82, 2.24) is 0 Å². The van der Waals surface area contributed by atoms with Gasteiger partial charge in [0.05, 0.1) is 30.4 Å². The average molecular weight is 416 g/mol. The Balaban J connectivity index is 2.42. The third-order valence-corrected chi connectivity index (χ3v) is 5.19. The average Bonchev–Trinajstić information content (AvgIpc) is 2.54. The van der Waals surface area contributed by atoms with Crippen LogP contribution in [0.2, 0.25) is 0 Å². The zero-order valence-electron chi connectivity index (χ0n) is 12.7. The van der Waals surface area contributed by atoms with Crippen LogP contribution in [0.25, 0.3) is 0 Å². The van der Waals surface area contributed by atoms with E-state index in [0.29, 0.717) is 5.75 Å². The molecular formula is C15H14BrNO6S. The minimum absolute atomic E-state index is 0.153. The number of hydrogen-bond donors (Lipinski definition) is 2. The Morgan fingerprint density at radius 3 is 2.42 bits per heavy atom. The number of halogens is 1. The van der Waals surface area contributed by atoms with Gasteiger partial charge in [-0.05, 0) is 46.3 Å². The second-order valence-corrected chi connectivity index (χ2v) is 7.16. The van der Waals surface area contributed by atoms with Gasteiger partial charge in [-0.3, -0.25) is 4.72 Å². The van der Waals surface area contributed by atoms with Crippen LogP contribution in [0.4, 0.5) is 5.69 Å². The quantitative estimate of drug-likeness (QED) is 0.751. The molecule has 0 bridgehead atoms. The maximum atomic E-state index is 12.5. The predicted octanol–water partition coefficient (Wildman–Crippen LogP) is 2.97. The van der Waals surface area contributed by atoms with E-state index in [2.05, 4.69) is 20.7 Å². The SMILES string of the molecule is COc1ccc(NS(=O)(=O)c2ccc(Br)c(C(=O)O)c2)c(OC)c1. The molecule has 0 amide bonds. The lowest BCUT2D eigenvalue weighted by Gasteiger charge is -2.13. The van der Waals surface area contributed by atoms with Gasteiger partial charge in [-0.2, -0.15) is 0 Å². The standard InChI is InChI=1S/C15H14BrNO6S/c1-22-9-3-6-13(14(7-9)23-2)17-24(20,21)10-4-5-12(16)11(8-10)15(18)19/h3-8,17H,1-2H3,(H,18,19). The Bertz CT molecular complexity index is 882. The normalized spacial score (nSPS) is 11.0. The number of hydrogen-bond acceptors (Lipinski definition) is 5. The van der Waals surface area contributed by atoms with Gasteiger partial charge in [0.15, 0.2) is 0 Å². The first-order valence-corrected chi connectivity index (χ1v) is 8.84. The molecule has 0 aliphatic heterocycles. The molecule has 0 fully saturated rings. The van der Waals surface area contributed by atoms with Crippen LogP contribution in [0, 0.1) is 0 Å². The number of anilines is 1. The van der Waals surface area contributed by atoms with Crippen LogP contribution in [0.3, 0.4) is 0 Å². The maximum Gasteiger partial charge on any atom is 0.336 e. The number of methoxy groups -OCH3 is 2. The molecular weight excluding hydrogens is 402 g/mol. The Morgan fingerprint density at radius 2 is 1.83 bits per heavy atom. The highest BCUT2D eigenvalue weighted by atomic mass is 79.9. The fourth-order valence-corrected chi connectivity index (χ4v) is 3.43. The van der Waals surface area contributed by atoms with Crippen LogP contribution in [0.5, 0.6) is 11.5 Å². The Labute approximate surface area is 147 Å². The van der Waals surface area contributed by atoms with Gasteiger partial charge in [-0.25, -0.2) is 13.2 Å². The summed E-state index contributed by atoms with van der Waals surface area (Å²) in [7, 11) is -1.12. The Morgan fingerprint density at radius 1 is 1.12 bits per heavy atom. The van der Waals surface area contributed by atoms with Crippen molar-refractivity contribution in [3.8, 4) is 11.5 Å². The molecule has 0 aliphatic carbocycles. The summed E-state index contributed by atoms with van der Waals surface area (Å²) in [4.78, 5) is 11.0. The molecule has 0 atom stereocenters. The molecule has 2 rings (SSSR count). The zero-order valence-corrected chi connectivity index (χ0v) is 15.1. The number of benzene rings is 2. The molecule has 0 radical (unpaired) electrons. The maximum absolute atomic E-state index is 12.5. The van der Waals surface area contributed by atoms with Gasteiger partial charge in [0.2, 0.25) is 0 Å². The van der Waals surface area contributed by atoms with Crippen molar-refractivity contribution in [1.29, 1.82) is 0 Å². The molecule has 0 unspecified atom stereocenters. The molecule has 0 aliphatic rings. The number of carboxylic acids is 1. The van der Waals surface area contributed by atoms with Crippen LogP contribution >= 0.6 is 15.9 Å². The lowest BCUT2D eigenvalue weighted by atomic mass is 10.2. The summed E-state index contributed by atoms with van der Waals surface area (Å²) in [6, 6.07) is 8.34. The van der Waals surface area contributed by atoms with Crippen LogP contribution in [0.15, 0.2) is 45.8 Å². The van der Waals surface area contributed by atoms with Gasteiger partial charge in [0, 0.05) is 10.5 Å². The van der Waals surface area contributed by atoms with Crippen molar-refractivity contribution in [2.75, 3.05) is 18.9 Å². The van der Waals surface area contributed by atoms with Crippen LogP contribution in [-0.4, -0.2) is 33.7 Å². The molecule has 2 N–H and O–H groups in total. The minimum Gasteiger partial charge on any atom is -0.497 e. The van der Waals surface area contributed by atoms with E-state index in [-0.39, 0.29) is 26.4 Å². The zero-order chi connectivity index (χ0) is 17.9. The summed E-state index contributed by atoms with van der Waals surface area (Å²) >= 11 is 3.07. The number of sulfonamides is 1. The number of nitrogens with one attached hydrogen (secondary N) is 1. The second kappa shape index (κ2) is 7.10. The number of rotatable bonds is 6. The highest BCUT2D eigenvalue weighted by Gasteiger charge is 2.20. The number of carbonyl (C=O) groups is 1. The molecule has 7 nitrogen and oxygen atoms in total. The summed E-state index contributed by atoms with van der Waals surface area (Å²) < 4.78 is 37.9. The van der Waals surface area contributed by atoms with Crippen molar-refractivity contribution in [3.63, 3.8) is 0 Å². The van der Waals surface area contributed by atoms with Crippen molar-refractivity contribution in [3.05, 3.63) is 46.4 Å². The first-order chi connectivity index (χ1) is 11.3. The Kier molecular flexibility index (Phi) is 5.35. The molecule has 128 valence electrons. The van der Waals surface area contributed by atoms with Gasteiger partial charge >= 0.3 is 5.97 Å². The van der Waals surface area contributed by atoms with E-state index in [1.54, 1.807) is 6.07 Å². The smallest absolute Gasteiger partial charge is 0.336 e. The van der Waals surface area contributed by atoms with E-state index in [0.717, 1.165) is 6.07 Å². The summed E-state index contributed by atoms with van der Waals surface area (Å²) in [5, 5.41) is 9.11. The summed E-state index contributed by atoms with van der Waals surface area (Å²) in [5.41, 5.74) is 0.0534. The minimum atomic E-state index is -3.99. The van der Waals surface area contributed by atoms with E-state index in [9.17, 15) is 13.2 Å². The van der Waals surface area contributed by atoms with Crippen LogP contribution in [0.1, 0.15) is 10.4 Å². The van der Waals surface area contributed by atoms with Gasteiger partial charge in [0.1, 0.15) is 11.5 Å². The summed E-state index contributed by atoms with van der Waals surface area (Å²) in [6.07, 6.45) is 0. The van der Waals surface area contributed by atoms with E-state index >= 15 is 0 Å². The Hall–Kier alpha value is -2.26. The first-order valence-electron chi connectivity index (χ1n) is 6.56. The lowest BCUT2D eigenvalue weighted by molar-refractivity contribution is 0.0695. The van der Waals surface area contributed by atoms with E-state index < -0.39 is 16.0 Å². The first kappa shape index (κ1) is 18.1. The van der Waals surface area contributed by atoms with Gasteiger partial charge in [0.25, 0.3) is 10.0 Å². The number of aromatic carboxylic acids is 1. The van der Waals surface area contributed by atoms with Crippen molar-refractivity contribution >= 4 is 37.6 Å². The topological polar surface area (TPSA) is 102 Å². The van der Waals surface area contributed by atoms with E-state index in [1.165, 1.54) is 38.5 Å². The molecule has 2 aromatic rings. The van der Waals surface area contributed by atoms with Gasteiger partial charge < -0.3 is 14.6 Å². The lowest BCUT2D eigenvalue weighted by Crippen LogP contribution is -2.14. The van der Waals surface area contributed by atoms with Gasteiger partial charge in [-0.15, -0.1) is 0 Å². The molecule has 9 heteroatoms. The fourth-order valence-electron chi connectivity index (χ4n) is 1.92. The molecule has 0 aromatic heterocycles. The van der Waals surface area contributed by atoms with Crippen molar-refractivity contribution < 1.29 is 27.8 Å². The number of ether oxygens (including phenoxy) is 2.